The van der Waals surface area contributed by atoms with E-state index in [1.807, 2.05) is 68.6 Å². The second kappa shape index (κ2) is 8.16. The molecule has 0 saturated carbocycles. The Balaban J connectivity index is 1.91. The third kappa shape index (κ3) is 3.82. The van der Waals surface area contributed by atoms with Crippen LogP contribution in [-0.2, 0) is 9.53 Å². The quantitative estimate of drug-likeness (QED) is 0.585. The number of aromatic nitrogens is 1. The zero-order valence-corrected chi connectivity index (χ0v) is 18.8. The molecule has 0 spiro atoms. The highest BCUT2D eigenvalue weighted by molar-refractivity contribution is 7.10. The second-order valence-corrected chi connectivity index (χ2v) is 9.45. The number of aryl methyl sites for hydroxylation is 1. The van der Waals surface area contributed by atoms with Crippen LogP contribution < -0.4 is 14.9 Å². The summed E-state index contributed by atoms with van der Waals surface area (Å²) in [6.45, 7) is 7.45. The maximum atomic E-state index is 13.4. The molecule has 3 aromatic rings. The second-order valence-electron chi connectivity index (χ2n) is 7.46. The van der Waals surface area contributed by atoms with Crippen molar-refractivity contribution >= 4 is 34.7 Å². The van der Waals surface area contributed by atoms with E-state index in [1.165, 1.54) is 22.7 Å². The maximum absolute atomic E-state index is 13.4. The lowest BCUT2D eigenvalue weighted by atomic mass is 10.0. The minimum absolute atomic E-state index is 0.153. The van der Waals surface area contributed by atoms with E-state index in [0.717, 1.165) is 16.0 Å². The van der Waals surface area contributed by atoms with Crippen molar-refractivity contribution in [3.63, 3.8) is 0 Å². The monoisotopic (exact) mass is 438 g/mol. The van der Waals surface area contributed by atoms with Crippen LogP contribution in [0.4, 0.5) is 0 Å². The number of allylic oxidation sites excluding steroid dienone is 1. The summed E-state index contributed by atoms with van der Waals surface area (Å²) in [4.78, 5) is 32.4. The fourth-order valence-electron chi connectivity index (χ4n) is 3.39. The largest absolute Gasteiger partial charge is 0.459 e. The Morgan fingerprint density at radius 3 is 2.57 bits per heavy atom. The third-order valence-electron chi connectivity index (χ3n) is 4.77. The van der Waals surface area contributed by atoms with E-state index in [1.54, 1.807) is 11.5 Å². The van der Waals surface area contributed by atoms with Crippen molar-refractivity contribution in [2.45, 2.75) is 39.8 Å². The molecule has 1 atom stereocenters. The highest BCUT2D eigenvalue weighted by Crippen LogP contribution is 2.33. The first-order valence-electron chi connectivity index (χ1n) is 9.68. The molecule has 3 heterocycles. The summed E-state index contributed by atoms with van der Waals surface area (Å²) in [5.74, 6) is -0.433. The minimum atomic E-state index is -0.535. The number of rotatable bonds is 4. The van der Waals surface area contributed by atoms with E-state index >= 15 is 0 Å². The van der Waals surface area contributed by atoms with Crippen LogP contribution in [0.25, 0.3) is 6.08 Å². The highest BCUT2D eigenvalue weighted by Gasteiger charge is 2.34. The van der Waals surface area contributed by atoms with E-state index in [9.17, 15) is 9.59 Å². The molecule has 1 aliphatic heterocycles. The Labute approximate surface area is 182 Å². The van der Waals surface area contributed by atoms with Gasteiger partial charge in [-0.25, -0.2) is 9.79 Å². The molecule has 0 aliphatic carbocycles. The van der Waals surface area contributed by atoms with Crippen LogP contribution in [0.3, 0.4) is 0 Å². The summed E-state index contributed by atoms with van der Waals surface area (Å²) in [7, 11) is 0. The summed E-state index contributed by atoms with van der Waals surface area (Å²) in [6.07, 6.45) is 1.62. The summed E-state index contributed by atoms with van der Waals surface area (Å²) in [5, 5.41) is 1.94. The molecule has 30 heavy (non-hydrogen) atoms. The molecule has 0 bridgehead atoms. The number of thiazole rings is 1. The number of hydrogen-bond donors (Lipinski definition) is 0. The van der Waals surface area contributed by atoms with Gasteiger partial charge in [-0.1, -0.05) is 47.2 Å². The number of esters is 1. The van der Waals surface area contributed by atoms with E-state index in [4.69, 9.17) is 4.74 Å². The van der Waals surface area contributed by atoms with Crippen LogP contribution in [0, 0.1) is 6.92 Å². The lowest BCUT2D eigenvalue weighted by Crippen LogP contribution is -2.39. The Bertz CT molecular complexity index is 1290. The van der Waals surface area contributed by atoms with Gasteiger partial charge in [0.15, 0.2) is 4.80 Å². The normalized spacial score (nSPS) is 16.6. The number of ether oxygens (including phenoxy) is 1. The molecule has 0 unspecified atom stereocenters. The van der Waals surface area contributed by atoms with Gasteiger partial charge in [-0.15, -0.1) is 11.3 Å². The van der Waals surface area contributed by atoms with Gasteiger partial charge in [-0.3, -0.25) is 9.36 Å². The minimum Gasteiger partial charge on any atom is -0.459 e. The predicted octanol–water partition coefficient (Wildman–Crippen LogP) is 3.56. The van der Waals surface area contributed by atoms with Gasteiger partial charge < -0.3 is 4.74 Å². The van der Waals surface area contributed by atoms with E-state index in [-0.39, 0.29) is 11.7 Å². The third-order valence-corrected chi connectivity index (χ3v) is 6.68. The maximum Gasteiger partial charge on any atom is 0.338 e. The number of carbonyl (C=O) groups excluding carboxylic acids is 1. The van der Waals surface area contributed by atoms with Crippen LogP contribution in [-0.4, -0.2) is 16.6 Å². The molecule has 0 saturated heterocycles. The van der Waals surface area contributed by atoms with E-state index in [0.29, 0.717) is 20.6 Å². The summed E-state index contributed by atoms with van der Waals surface area (Å²) in [5.41, 5.74) is 2.96. The van der Waals surface area contributed by atoms with Gasteiger partial charge in [0, 0.05) is 4.88 Å². The molecule has 7 heteroatoms. The SMILES string of the molecule is CC1=C(C(=O)OC(C)C)[C@H](c2cccs2)n2c(s/c(=C\c3ccc(C)cc3)c2=O)=N1. The summed E-state index contributed by atoms with van der Waals surface area (Å²) < 4.78 is 7.70. The Kier molecular flexibility index (Phi) is 5.58. The lowest BCUT2D eigenvalue weighted by Gasteiger charge is -2.24. The van der Waals surface area contributed by atoms with Crippen molar-refractivity contribution in [3.05, 3.63) is 88.7 Å². The van der Waals surface area contributed by atoms with Crippen LogP contribution >= 0.6 is 22.7 Å². The fourth-order valence-corrected chi connectivity index (χ4v) is 5.26. The molecule has 2 aromatic heterocycles. The predicted molar refractivity (Wildman–Crippen MR) is 120 cm³/mol. The van der Waals surface area contributed by atoms with Crippen LogP contribution in [0.2, 0.25) is 0 Å². The number of hydrogen-bond acceptors (Lipinski definition) is 6. The Morgan fingerprint density at radius 2 is 1.93 bits per heavy atom. The van der Waals surface area contributed by atoms with Gasteiger partial charge in [-0.05, 0) is 50.8 Å². The first-order valence-corrected chi connectivity index (χ1v) is 11.4. The average Bonchev–Trinajstić information content (AvgIpc) is 3.31. The number of nitrogens with zero attached hydrogens (tertiary/aromatic N) is 2. The number of fused-ring (bicyclic) bond motifs is 1. The van der Waals surface area contributed by atoms with Gasteiger partial charge in [0.25, 0.3) is 5.56 Å². The topological polar surface area (TPSA) is 60.7 Å². The highest BCUT2D eigenvalue weighted by atomic mass is 32.1. The molecular weight excluding hydrogens is 416 g/mol. The van der Waals surface area contributed by atoms with Crippen molar-refractivity contribution in [1.29, 1.82) is 0 Å². The molecule has 0 fully saturated rings. The number of benzene rings is 1. The summed E-state index contributed by atoms with van der Waals surface area (Å²) >= 11 is 2.85. The van der Waals surface area contributed by atoms with Gasteiger partial charge in [0.1, 0.15) is 6.04 Å². The Morgan fingerprint density at radius 1 is 1.20 bits per heavy atom. The van der Waals surface area contributed by atoms with Gasteiger partial charge in [0.2, 0.25) is 0 Å². The molecular formula is C23H22N2O3S2. The van der Waals surface area contributed by atoms with Crippen LogP contribution in [0.15, 0.2) is 62.8 Å². The first kappa shape index (κ1) is 20.5. The van der Waals surface area contributed by atoms with Gasteiger partial charge in [0.05, 0.1) is 21.9 Å². The zero-order chi connectivity index (χ0) is 21.4. The standard InChI is InChI=1S/C23H22N2O3S2/c1-13(2)28-22(27)19-15(4)24-23-25(20(19)17-6-5-11-29-17)21(26)18(30-23)12-16-9-7-14(3)8-10-16/h5-13,20H,1-4H3/b18-12-/t20-/m0/s1. The van der Waals surface area contributed by atoms with Crippen molar-refractivity contribution in [3.8, 4) is 0 Å². The number of thiophene rings is 1. The molecule has 1 aromatic carbocycles. The lowest BCUT2D eigenvalue weighted by molar-refractivity contribution is -0.143. The zero-order valence-electron chi connectivity index (χ0n) is 17.2. The molecule has 5 nitrogen and oxygen atoms in total. The molecule has 1 aliphatic rings. The van der Waals surface area contributed by atoms with Crippen LogP contribution in [0.5, 0.6) is 0 Å². The smallest absolute Gasteiger partial charge is 0.338 e. The molecule has 4 rings (SSSR count). The van der Waals surface area contributed by atoms with Crippen molar-refractivity contribution < 1.29 is 9.53 Å². The average molecular weight is 439 g/mol. The summed E-state index contributed by atoms with van der Waals surface area (Å²) in [6, 6.07) is 11.3. The first-order chi connectivity index (χ1) is 14.3. The number of carbonyl (C=O) groups is 1. The molecule has 154 valence electrons. The molecule has 0 radical (unpaired) electrons. The van der Waals surface area contributed by atoms with Crippen molar-refractivity contribution in [2.75, 3.05) is 0 Å². The molecule has 0 N–H and O–H groups in total. The van der Waals surface area contributed by atoms with E-state index < -0.39 is 12.0 Å². The Hall–Kier alpha value is -2.77. The van der Waals surface area contributed by atoms with Gasteiger partial charge >= 0.3 is 5.97 Å². The van der Waals surface area contributed by atoms with E-state index in [2.05, 4.69) is 4.99 Å². The van der Waals surface area contributed by atoms with Crippen molar-refractivity contribution in [1.82, 2.24) is 4.57 Å². The van der Waals surface area contributed by atoms with Gasteiger partial charge in [-0.2, -0.15) is 0 Å². The van der Waals surface area contributed by atoms with Crippen LogP contribution in [0.1, 0.15) is 42.8 Å². The van der Waals surface area contributed by atoms with Crippen molar-refractivity contribution in [2.24, 2.45) is 4.99 Å². The fraction of sp³-hybridized carbons (Fsp3) is 0.261. The molecule has 0 amide bonds.